The lowest BCUT2D eigenvalue weighted by Gasteiger charge is -2.45. The van der Waals surface area contributed by atoms with Crippen molar-refractivity contribution in [1.82, 2.24) is 23.7 Å². The number of likely N-dealkylation sites (N-methyl/N-ethyl adjacent to an activating group) is 1. The van der Waals surface area contributed by atoms with Crippen molar-refractivity contribution in [2.75, 3.05) is 27.2 Å². The molecule has 2 aromatic heterocycles. The average Bonchev–Trinajstić information content (AvgIpc) is 3.18. The normalized spacial score (nSPS) is 22.0. The van der Waals surface area contributed by atoms with Crippen LogP contribution in [0.1, 0.15) is 18.7 Å². The first kappa shape index (κ1) is 19.0. The summed E-state index contributed by atoms with van der Waals surface area (Å²) >= 11 is 0. The third-order valence-corrected chi connectivity index (χ3v) is 7.25. The lowest BCUT2D eigenvalue weighted by molar-refractivity contribution is -0.177. The maximum Gasteiger partial charge on any atom is 0.253 e. The number of nitrogens with zero attached hydrogens (tertiary/aromatic N) is 5. The molecule has 0 saturated carbocycles. The molecule has 2 aliphatic heterocycles. The molecule has 10 heteroatoms. The Balaban J connectivity index is 1.58. The summed E-state index contributed by atoms with van der Waals surface area (Å²) in [6, 6.07) is 3.15. The highest BCUT2D eigenvalue weighted by Gasteiger charge is 2.48. The fourth-order valence-corrected chi connectivity index (χ4v) is 5.30. The van der Waals surface area contributed by atoms with Gasteiger partial charge in [0, 0.05) is 52.0 Å². The van der Waals surface area contributed by atoms with Gasteiger partial charge >= 0.3 is 0 Å². The highest BCUT2D eigenvalue weighted by atomic mass is 32.2. The number of imidazole rings is 1. The Morgan fingerprint density at radius 1 is 1.29 bits per heavy atom. The Morgan fingerprint density at radius 3 is 2.68 bits per heavy atom. The third-order valence-electron chi connectivity index (χ3n) is 5.37. The van der Waals surface area contributed by atoms with Crippen LogP contribution in [0.15, 0.2) is 41.8 Å². The monoisotopic (exact) mass is 405 g/mol. The zero-order valence-electron chi connectivity index (χ0n) is 15.9. The minimum Gasteiger partial charge on any atom is -0.352 e. The molecule has 0 aromatic carbocycles. The molecular formula is C18H23N5O4S. The van der Waals surface area contributed by atoms with Gasteiger partial charge < -0.3 is 14.2 Å². The maximum absolute atomic E-state index is 12.9. The van der Waals surface area contributed by atoms with Crippen molar-refractivity contribution >= 4 is 15.9 Å². The van der Waals surface area contributed by atoms with Crippen LogP contribution in [0.3, 0.4) is 0 Å². The van der Waals surface area contributed by atoms with E-state index >= 15 is 0 Å². The van der Waals surface area contributed by atoms with Crippen LogP contribution in [0, 0.1) is 0 Å². The Kier molecular flexibility index (Phi) is 4.72. The number of amides is 1. The molecule has 28 heavy (non-hydrogen) atoms. The number of rotatable bonds is 3. The number of ether oxygens (including phenoxy) is 1. The second kappa shape index (κ2) is 6.94. The molecule has 0 unspecified atom stereocenters. The first-order valence-electron chi connectivity index (χ1n) is 9.14. The standard InChI is InChI=1S/C18H23N5O4S/c1-21(2)16(24)15-13-22-11-8-20-17(22)18(27-15)5-9-23(10-6-18)28(25,26)14-4-3-7-19-12-14/h3-4,7-8,11-12,15H,5-6,9-10,13H2,1-2H3/t15-/m0/s1. The van der Waals surface area contributed by atoms with Gasteiger partial charge in [0.25, 0.3) is 5.91 Å². The van der Waals surface area contributed by atoms with Crippen molar-refractivity contribution in [3.8, 4) is 0 Å². The fourth-order valence-electron chi connectivity index (χ4n) is 3.89. The number of carbonyl (C=O) groups excluding carboxylic acids is 1. The maximum atomic E-state index is 12.9. The van der Waals surface area contributed by atoms with Gasteiger partial charge in [0.1, 0.15) is 16.3 Å². The van der Waals surface area contributed by atoms with Gasteiger partial charge in [-0.1, -0.05) is 0 Å². The lowest BCUT2D eigenvalue weighted by Crippen LogP contribution is -2.54. The van der Waals surface area contributed by atoms with Crippen LogP contribution in [0.25, 0.3) is 0 Å². The summed E-state index contributed by atoms with van der Waals surface area (Å²) < 4.78 is 35.4. The van der Waals surface area contributed by atoms with E-state index in [4.69, 9.17) is 4.74 Å². The van der Waals surface area contributed by atoms with Crippen LogP contribution < -0.4 is 0 Å². The lowest BCUT2D eigenvalue weighted by atomic mass is 9.89. The predicted molar refractivity (Wildman–Crippen MR) is 99.7 cm³/mol. The summed E-state index contributed by atoms with van der Waals surface area (Å²) in [5, 5.41) is 0. The first-order valence-corrected chi connectivity index (χ1v) is 10.6. The van der Waals surface area contributed by atoms with Gasteiger partial charge in [-0.15, -0.1) is 0 Å². The fraction of sp³-hybridized carbons (Fsp3) is 0.500. The number of hydrogen-bond donors (Lipinski definition) is 0. The van der Waals surface area contributed by atoms with Crippen LogP contribution >= 0.6 is 0 Å². The molecule has 0 radical (unpaired) electrons. The second-order valence-corrected chi connectivity index (χ2v) is 9.27. The molecule has 1 atom stereocenters. The Morgan fingerprint density at radius 2 is 2.04 bits per heavy atom. The molecule has 1 fully saturated rings. The number of carbonyl (C=O) groups is 1. The van der Waals surface area contributed by atoms with E-state index in [0.29, 0.717) is 19.4 Å². The van der Waals surface area contributed by atoms with E-state index in [1.807, 2.05) is 10.8 Å². The minimum atomic E-state index is -3.61. The number of sulfonamides is 1. The van der Waals surface area contributed by atoms with Gasteiger partial charge in [-0.3, -0.25) is 9.78 Å². The number of piperidine rings is 1. The summed E-state index contributed by atoms with van der Waals surface area (Å²) in [7, 11) is -0.213. The molecule has 4 heterocycles. The number of aromatic nitrogens is 3. The van der Waals surface area contributed by atoms with Gasteiger partial charge in [-0.2, -0.15) is 4.31 Å². The predicted octanol–water partition coefficient (Wildman–Crippen LogP) is 0.445. The highest BCUT2D eigenvalue weighted by molar-refractivity contribution is 7.89. The van der Waals surface area contributed by atoms with E-state index in [9.17, 15) is 13.2 Å². The summed E-state index contributed by atoms with van der Waals surface area (Å²) in [6.45, 7) is 0.978. The quantitative estimate of drug-likeness (QED) is 0.735. The highest BCUT2D eigenvalue weighted by Crippen LogP contribution is 2.41. The van der Waals surface area contributed by atoms with Crippen molar-refractivity contribution in [3.05, 3.63) is 42.7 Å². The van der Waals surface area contributed by atoms with E-state index in [1.54, 1.807) is 38.6 Å². The molecule has 2 aliphatic rings. The Hall–Kier alpha value is -2.30. The van der Waals surface area contributed by atoms with E-state index in [-0.39, 0.29) is 23.9 Å². The molecule has 2 aromatic rings. The van der Waals surface area contributed by atoms with Crippen LogP contribution in [0.5, 0.6) is 0 Å². The van der Waals surface area contributed by atoms with E-state index < -0.39 is 21.7 Å². The molecule has 0 N–H and O–H groups in total. The molecule has 0 aliphatic carbocycles. The topological polar surface area (TPSA) is 97.6 Å². The first-order chi connectivity index (χ1) is 13.3. The van der Waals surface area contributed by atoms with Crippen LogP contribution in [0.2, 0.25) is 0 Å². The smallest absolute Gasteiger partial charge is 0.253 e. The number of hydrogen-bond acceptors (Lipinski definition) is 6. The molecule has 9 nitrogen and oxygen atoms in total. The average molecular weight is 405 g/mol. The van der Waals surface area contributed by atoms with Crippen molar-refractivity contribution in [1.29, 1.82) is 0 Å². The molecular weight excluding hydrogens is 382 g/mol. The molecule has 0 bridgehead atoms. The summed E-state index contributed by atoms with van der Waals surface area (Å²) in [5.41, 5.74) is -0.765. The summed E-state index contributed by atoms with van der Waals surface area (Å²) in [6.07, 6.45) is 6.69. The van der Waals surface area contributed by atoms with Crippen LogP contribution in [0.4, 0.5) is 0 Å². The van der Waals surface area contributed by atoms with Gasteiger partial charge in [-0.25, -0.2) is 13.4 Å². The van der Waals surface area contributed by atoms with Crippen molar-refractivity contribution in [2.45, 2.75) is 36.0 Å². The molecule has 1 spiro atoms. The van der Waals surface area contributed by atoms with Crippen LogP contribution in [-0.4, -0.2) is 71.4 Å². The minimum absolute atomic E-state index is 0.107. The van der Waals surface area contributed by atoms with E-state index in [2.05, 4.69) is 9.97 Å². The molecule has 1 amide bonds. The third kappa shape index (κ3) is 3.11. The number of fused-ring (bicyclic) bond motifs is 2. The zero-order chi connectivity index (χ0) is 19.9. The second-order valence-electron chi connectivity index (χ2n) is 7.33. The Labute approximate surface area is 164 Å². The Bertz CT molecular complexity index is 965. The molecule has 1 saturated heterocycles. The molecule has 150 valence electrons. The summed E-state index contributed by atoms with van der Waals surface area (Å²) in [4.78, 5) is 22.6. The number of pyridine rings is 1. The van der Waals surface area contributed by atoms with Gasteiger partial charge in [0.15, 0.2) is 6.10 Å². The van der Waals surface area contributed by atoms with E-state index in [1.165, 1.54) is 15.4 Å². The zero-order valence-corrected chi connectivity index (χ0v) is 16.7. The van der Waals surface area contributed by atoms with Crippen molar-refractivity contribution in [2.24, 2.45) is 0 Å². The van der Waals surface area contributed by atoms with Gasteiger partial charge in [-0.05, 0) is 25.0 Å². The largest absolute Gasteiger partial charge is 0.352 e. The van der Waals surface area contributed by atoms with Crippen molar-refractivity contribution in [3.63, 3.8) is 0 Å². The SMILES string of the molecule is CN(C)C(=O)[C@@H]1Cn2ccnc2C2(CCN(S(=O)(=O)c3cccnc3)CC2)O1. The van der Waals surface area contributed by atoms with Gasteiger partial charge in [0.05, 0.1) is 6.54 Å². The molecule has 4 rings (SSSR count). The summed E-state index contributed by atoms with van der Waals surface area (Å²) in [5.74, 6) is 0.651. The van der Waals surface area contributed by atoms with E-state index in [0.717, 1.165) is 5.82 Å². The van der Waals surface area contributed by atoms with Crippen LogP contribution in [-0.2, 0) is 31.7 Å². The van der Waals surface area contributed by atoms with Gasteiger partial charge in [0.2, 0.25) is 10.0 Å². The van der Waals surface area contributed by atoms with Crippen molar-refractivity contribution < 1.29 is 17.9 Å².